The highest BCUT2D eigenvalue weighted by Crippen LogP contribution is 2.31. The topological polar surface area (TPSA) is 129 Å². The lowest BCUT2D eigenvalue weighted by Crippen LogP contribution is -2.48. The molecule has 5 rings (SSSR count). The second-order valence-corrected chi connectivity index (χ2v) is 10.9. The summed E-state index contributed by atoms with van der Waals surface area (Å²) < 4.78 is 27.9. The van der Waals surface area contributed by atoms with Gasteiger partial charge in [-0.25, -0.2) is 23.1 Å². The molecule has 0 radical (unpaired) electrons. The summed E-state index contributed by atoms with van der Waals surface area (Å²) >= 11 is 0. The van der Waals surface area contributed by atoms with Gasteiger partial charge in [0.15, 0.2) is 0 Å². The summed E-state index contributed by atoms with van der Waals surface area (Å²) in [6.07, 6.45) is 4.33. The number of hydrogen-bond acceptors (Lipinski definition) is 7. The van der Waals surface area contributed by atoms with E-state index in [1.54, 1.807) is 30.6 Å². The Bertz CT molecular complexity index is 1420. The van der Waals surface area contributed by atoms with Crippen molar-refractivity contribution in [2.45, 2.75) is 30.3 Å². The van der Waals surface area contributed by atoms with Crippen molar-refractivity contribution in [3.8, 4) is 0 Å². The van der Waals surface area contributed by atoms with Crippen LogP contribution in [0.15, 0.2) is 72.0 Å². The van der Waals surface area contributed by atoms with Gasteiger partial charge in [-0.15, -0.1) is 0 Å². The minimum absolute atomic E-state index is 0.225. The molecule has 182 valence electrons. The first-order chi connectivity index (χ1) is 16.8. The van der Waals surface area contributed by atoms with Crippen LogP contribution in [-0.2, 0) is 16.6 Å². The third-order valence-electron chi connectivity index (χ3n) is 6.45. The minimum atomic E-state index is -3.60. The first-order valence-corrected chi connectivity index (χ1v) is 13.0. The van der Waals surface area contributed by atoms with Gasteiger partial charge in [0.1, 0.15) is 17.8 Å². The molecule has 1 aliphatic rings. The van der Waals surface area contributed by atoms with E-state index in [2.05, 4.69) is 29.9 Å². The van der Waals surface area contributed by atoms with Gasteiger partial charge in [0.05, 0.1) is 15.8 Å². The number of hydrogen-bond donors (Lipinski definition) is 4. The van der Waals surface area contributed by atoms with Crippen molar-refractivity contribution in [1.29, 1.82) is 0 Å². The molecule has 2 aromatic heterocycles. The number of aromatic amines is 1. The Balaban J connectivity index is 1.20. The highest BCUT2D eigenvalue weighted by Gasteiger charge is 2.36. The van der Waals surface area contributed by atoms with Crippen molar-refractivity contribution >= 4 is 32.6 Å². The van der Waals surface area contributed by atoms with Crippen LogP contribution in [0.2, 0.25) is 0 Å². The summed E-state index contributed by atoms with van der Waals surface area (Å²) in [6, 6.07) is 16.2. The quantitative estimate of drug-likeness (QED) is 0.298. The van der Waals surface area contributed by atoms with E-state index in [-0.39, 0.29) is 11.4 Å². The van der Waals surface area contributed by atoms with E-state index in [9.17, 15) is 8.42 Å². The number of H-pyrrole nitrogens is 1. The molecule has 1 atom stereocenters. The Labute approximate surface area is 204 Å². The van der Waals surface area contributed by atoms with Gasteiger partial charge < -0.3 is 20.9 Å². The molecule has 0 saturated carbocycles. The molecule has 4 aromatic rings. The Morgan fingerprint density at radius 2 is 1.89 bits per heavy atom. The number of sulfonamides is 1. The van der Waals surface area contributed by atoms with Gasteiger partial charge in [-0.1, -0.05) is 30.3 Å². The van der Waals surface area contributed by atoms with E-state index < -0.39 is 15.6 Å². The largest absolute Gasteiger partial charge is 0.383 e. The molecule has 2 aromatic carbocycles. The fourth-order valence-corrected chi connectivity index (χ4v) is 5.46. The monoisotopic (exact) mass is 491 g/mol. The van der Waals surface area contributed by atoms with Gasteiger partial charge in [0.2, 0.25) is 10.0 Å². The van der Waals surface area contributed by atoms with Crippen LogP contribution in [0, 0.1) is 6.92 Å². The Morgan fingerprint density at radius 1 is 1.11 bits per heavy atom. The van der Waals surface area contributed by atoms with Gasteiger partial charge in [-0.05, 0) is 48.7 Å². The molecular weight excluding hydrogens is 462 g/mol. The number of rotatable bonds is 8. The summed E-state index contributed by atoms with van der Waals surface area (Å²) in [4.78, 5) is 14.5. The molecule has 0 aliphatic carbocycles. The molecule has 0 bridgehead atoms. The van der Waals surface area contributed by atoms with Crippen molar-refractivity contribution < 1.29 is 8.42 Å². The van der Waals surface area contributed by atoms with Crippen LogP contribution in [0.3, 0.4) is 0 Å². The first-order valence-electron chi connectivity index (χ1n) is 11.5. The van der Waals surface area contributed by atoms with E-state index in [4.69, 9.17) is 5.73 Å². The predicted octanol–water partition coefficient (Wildman–Crippen LogP) is 2.76. The van der Waals surface area contributed by atoms with Crippen molar-refractivity contribution in [3.05, 3.63) is 78.2 Å². The van der Waals surface area contributed by atoms with Crippen LogP contribution < -0.4 is 20.7 Å². The maximum atomic E-state index is 12.6. The van der Waals surface area contributed by atoms with Gasteiger partial charge in [-0.3, -0.25) is 0 Å². The number of nitrogens with two attached hydrogens (primary N) is 1. The van der Waals surface area contributed by atoms with Gasteiger partial charge >= 0.3 is 0 Å². The van der Waals surface area contributed by atoms with Crippen molar-refractivity contribution in [3.63, 3.8) is 0 Å². The maximum absolute atomic E-state index is 12.6. The second kappa shape index (κ2) is 9.29. The number of aromatic nitrogens is 3. The first kappa shape index (κ1) is 23.3. The lowest BCUT2D eigenvalue weighted by molar-refractivity contribution is 0.499. The summed E-state index contributed by atoms with van der Waals surface area (Å²) in [5.74, 6) is 0.902. The third kappa shape index (κ3) is 5.00. The average molecular weight is 492 g/mol. The highest BCUT2D eigenvalue weighted by atomic mass is 32.2. The summed E-state index contributed by atoms with van der Waals surface area (Å²) in [7, 11) is -3.60. The van der Waals surface area contributed by atoms with E-state index >= 15 is 0 Å². The molecule has 1 unspecified atom stereocenters. The number of aryl methyl sites for hydroxylation is 1. The number of fused-ring (bicyclic) bond motifs is 1. The van der Waals surface area contributed by atoms with E-state index in [1.807, 2.05) is 43.5 Å². The SMILES string of the molecule is Cc1c[nH]c2ncnc(N3CCC(N)(CNc4ccc(S(=O)(=O)NCc5ccccc5)cc4)C3)c12. The van der Waals surface area contributed by atoms with Crippen molar-refractivity contribution in [1.82, 2.24) is 19.7 Å². The molecule has 0 amide bonds. The predicted molar refractivity (Wildman–Crippen MR) is 138 cm³/mol. The highest BCUT2D eigenvalue weighted by molar-refractivity contribution is 7.89. The molecule has 1 fully saturated rings. The zero-order valence-corrected chi connectivity index (χ0v) is 20.3. The molecule has 9 nitrogen and oxygen atoms in total. The van der Waals surface area contributed by atoms with Crippen LogP contribution in [0.4, 0.5) is 11.5 Å². The van der Waals surface area contributed by atoms with E-state index in [0.717, 1.165) is 46.6 Å². The molecule has 1 aliphatic heterocycles. The van der Waals surface area contributed by atoms with Gasteiger partial charge in [-0.2, -0.15) is 0 Å². The Kier molecular flexibility index (Phi) is 6.18. The molecule has 10 heteroatoms. The van der Waals surface area contributed by atoms with E-state index in [1.165, 1.54) is 0 Å². The number of nitrogens with zero attached hydrogens (tertiary/aromatic N) is 3. The Hall–Kier alpha value is -3.47. The normalized spacial score (nSPS) is 18.3. The van der Waals surface area contributed by atoms with Crippen molar-refractivity contribution in [2.75, 3.05) is 29.9 Å². The van der Waals surface area contributed by atoms with Crippen molar-refractivity contribution in [2.24, 2.45) is 5.73 Å². The minimum Gasteiger partial charge on any atom is -0.383 e. The molecule has 5 N–H and O–H groups in total. The number of anilines is 2. The van der Waals surface area contributed by atoms with Crippen LogP contribution in [0.25, 0.3) is 11.0 Å². The fraction of sp³-hybridized carbons (Fsp3) is 0.280. The van der Waals surface area contributed by atoms with Crippen LogP contribution in [0.1, 0.15) is 17.5 Å². The summed E-state index contributed by atoms with van der Waals surface area (Å²) in [5.41, 5.74) is 9.94. The lowest BCUT2D eigenvalue weighted by atomic mass is 10.0. The average Bonchev–Trinajstić information content (AvgIpc) is 3.46. The molecule has 0 spiro atoms. The summed E-state index contributed by atoms with van der Waals surface area (Å²) in [6.45, 7) is 4.31. The van der Waals surface area contributed by atoms with E-state index in [0.29, 0.717) is 13.1 Å². The fourth-order valence-electron chi connectivity index (χ4n) is 4.45. The second-order valence-electron chi connectivity index (χ2n) is 9.11. The van der Waals surface area contributed by atoms with Crippen LogP contribution in [-0.4, -0.2) is 48.5 Å². The lowest BCUT2D eigenvalue weighted by Gasteiger charge is -2.26. The summed E-state index contributed by atoms with van der Waals surface area (Å²) in [5, 5.41) is 4.40. The van der Waals surface area contributed by atoms with Gasteiger partial charge in [0.25, 0.3) is 0 Å². The zero-order valence-electron chi connectivity index (χ0n) is 19.5. The number of nitrogens with one attached hydrogen (secondary N) is 3. The number of benzene rings is 2. The van der Waals surface area contributed by atoms with Crippen LogP contribution >= 0.6 is 0 Å². The zero-order chi connectivity index (χ0) is 24.5. The molecule has 3 heterocycles. The van der Waals surface area contributed by atoms with Crippen LogP contribution in [0.5, 0.6) is 0 Å². The third-order valence-corrected chi connectivity index (χ3v) is 7.87. The Morgan fingerprint density at radius 3 is 2.66 bits per heavy atom. The van der Waals surface area contributed by atoms with Gasteiger partial charge in [0, 0.05) is 38.1 Å². The molecule has 1 saturated heterocycles. The maximum Gasteiger partial charge on any atom is 0.240 e. The molecular formula is C25H29N7O2S. The molecule has 35 heavy (non-hydrogen) atoms. The standard InChI is InChI=1S/C25H29N7O2S/c1-18-13-27-23-22(18)24(30-17-29-23)32-12-11-25(26,16-32)15-28-20-7-9-21(10-8-20)35(33,34)31-14-19-5-3-2-4-6-19/h2-10,13,17,28,31H,11-12,14-16,26H2,1H3,(H,27,29,30). The smallest absolute Gasteiger partial charge is 0.240 e.